The minimum Gasteiger partial charge on any atom is -0.479 e. The number of carbonyl (C=O) groups is 1. The van der Waals surface area contributed by atoms with Crippen LogP contribution in [0.1, 0.15) is 30.4 Å². The number of likely N-dealkylation sites (tertiary alicyclic amines) is 2. The average Bonchev–Trinajstić information content (AvgIpc) is 3.20. The first-order chi connectivity index (χ1) is 18.0. The van der Waals surface area contributed by atoms with Crippen molar-refractivity contribution >= 4 is 11.7 Å². The maximum absolute atomic E-state index is 13.7. The number of anilines is 1. The average molecular weight is 577 g/mol. The third kappa shape index (κ3) is 6.91. The Balaban J connectivity index is 1.45. The van der Waals surface area contributed by atoms with Crippen LogP contribution >= 0.6 is 0 Å². The quantitative estimate of drug-likeness (QED) is 0.509. The van der Waals surface area contributed by atoms with Gasteiger partial charge in [0.1, 0.15) is 0 Å². The zero-order valence-corrected chi connectivity index (χ0v) is 20.7. The topological polar surface area (TPSA) is 56.2 Å². The predicted molar refractivity (Wildman–Crippen MR) is 120 cm³/mol. The Hall–Kier alpha value is -2.26. The highest BCUT2D eigenvalue weighted by Gasteiger charge is 2.60. The zero-order valence-electron chi connectivity index (χ0n) is 20.7. The molecule has 6 nitrogen and oxygen atoms in total. The molecule has 1 atom stereocenters. The summed E-state index contributed by atoms with van der Waals surface area (Å²) in [4.78, 5) is 15.1. The number of ether oxygens (including phenoxy) is 1. The number of rotatable bonds is 5. The van der Waals surface area contributed by atoms with Crippen molar-refractivity contribution in [1.82, 2.24) is 9.80 Å². The van der Waals surface area contributed by atoms with Crippen LogP contribution < -0.4 is 4.90 Å². The molecule has 0 bridgehead atoms. The van der Waals surface area contributed by atoms with Crippen molar-refractivity contribution < 1.29 is 54.2 Å². The van der Waals surface area contributed by atoms with Gasteiger partial charge in [0.25, 0.3) is 0 Å². The Labute approximate surface area is 218 Å². The van der Waals surface area contributed by atoms with Crippen LogP contribution in [-0.2, 0) is 22.3 Å². The normalized spacial score (nSPS) is 23.6. The van der Waals surface area contributed by atoms with Crippen LogP contribution in [-0.4, -0.2) is 91.2 Å². The Morgan fingerprint density at radius 1 is 0.949 bits per heavy atom. The van der Waals surface area contributed by atoms with Crippen LogP contribution in [0.3, 0.4) is 0 Å². The van der Waals surface area contributed by atoms with Crippen molar-refractivity contribution in [3.63, 3.8) is 0 Å². The molecule has 0 aliphatic carbocycles. The summed E-state index contributed by atoms with van der Waals surface area (Å²) in [6.45, 7) is 0.210. The number of benzene rings is 1. The summed E-state index contributed by atoms with van der Waals surface area (Å²) in [5, 5.41) is 9.23. The third-order valence-electron chi connectivity index (χ3n) is 7.78. The third-order valence-corrected chi connectivity index (χ3v) is 7.78. The van der Waals surface area contributed by atoms with Gasteiger partial charge >= 0.3 is 24.5 Å². The van der Waals surface area contributed by atoms with Gasteiger partial charge in [-0.2, -0.15) is 39.5 Å². The summed E-state index contributed by atoms with van der Waals surface area (Å²) in [5.74, 6) is -1.22. The van der Waals surface area contributed by atoms with Crippen LogP contribution in [0.4, 0.5) is 45.2 Å². The van der Waals surface area contributed by atoms with Gasteiger partial charge in [-0.05, 0) is 68.1 Å². The molecule has 15 heteroatoms. The molecule has 0 amide bonds. The van der Waals surface area contributed by atoms with Crippen molar-refractivity contribution in [3.8, 4) is 0 Å². The fourth-order valence-corrected chi connectivity index (χ4v) is 5.83. The summed E-state index contributed by atoms with van der Waals surface area (Å²) < 4.78 is 125. The molecule has 1 aromatic rings. The van der Waals surface area contributed by atoms with E-state index in [2.05, 4.69) is 0 Å². The molecule has 3 aliphatic rings. The second-order valence-corrected chi connectivity index (χ2v) is 10.5. The minimum atomic E-state index is -5.45. The molecule has 0 saturated carbocycles. The van der Waals surface area contributed by atoms with Crippen LogP contribution in [0, 0.1) is 5.41 Å². The lowest BCUT2D eigenvalue weighted by Crippen LogP contribution is -2.58. The standard InChI is InChI=1S/C24H28F9N3O3/c25-22(26,27)16-9-15(10-17(11-16)36-7-8-39-18(13-36)19(37)38)12-34-4-1-21(14-34)2-5-35(6-3-21)20(23(28,29)30)24(31,32)33/h9-11,18,20H,1-8,12-14H2,(H,37,38). The van der Waals surface area contributed by atoms with Gasteiger partial charge in [-0.25, -0.2) is 4.79 Å². The molecule has 1 spiro atoms. The molecular weight excluding hydrogens is 549 g/mol. The molecular formula is C24H28F9N3O3. The first kappa shape index (κ1) is 29.7. The van der Waals surface area contributed by atoms with Gasteiger partial charge in [-0.1, -0.05) is 0 Å². The van der Waals surface area contributed by atoms with Gasteiger partial charge in [0.15, 0.2) is 6.10 Å². The van der Waals surface area contributed by atoms with Gasteiger partial charge in [0.05, 0.1) is 18.7 Å². The Kier molecular flexibility index (Phi) is 8.09. The SMILES string of the molecule is O=C(O)C1CN(c2cc(CN3CCC4(CCN(C(C(F)(F)F)C(F)(F)F)CC4)C3)cc(C(F)(F)F)c2)CCO1. The Bertz CT molecular complexity index is 1020. The van der Waals surface area contributed by atoms with E-state index in [0.29, 0.717) is 30.0 Å². The number of morpholine rings is 1. The van der Waals surface area contributed by atoms with Crippen LogP contribution in [0.5, 0.6) is 0 Å². The van der Waals surface area contributed by atoms with E-state index in [-0.39, 0.29) is 57.9 Å². The van der Waals surface area contributed by atoms with E-state index in [1.807, 2.05) is 4.90 Å². The number of carboxylic acids is 1. The van der Waals surface area contributed by atoms with E-state index < -0.39 is 47.6 Å². The smallest absolute Gasteiger partial charge is 0.416 e. The minimum absolute atomic E-state index is 0.0255. The molecule has 1 aromatic carbocycles. The van der Waals surface area contributed by atoms with Crippen molar-refractivity contribution in [2.75, 3.05) is 50.8 Å². The number of piperidine rings is 1. The summed E-state index contributed by atoms with van der Waals surface area (Å²) in [7, 11) is 0. The maximum atomic E-state index is 13.7. The molecule has 4 rings (SSSR count). The molecule has 0 aromatic heterocycles. The second kappa shape index (κ2) is 10.6. The van der Waals surface area contributed by atoms with Gasteiger partial charge in [0, 0.05) is 25.3 Å². The highest BCUT2D eigenvalue weighted by atomic mass is 19.4. The first-order valence-corrected chi connectivity index (χ1v) is 12.4. The maximum Gasteiger partial charge on any atom is 0.416 e. The molecule has 3 fully saturated rings. The van der Waals surface area contributed by atoms with Crippen molar-refractivity contribution in [2.45, 2.75) is 56.5 Å². The molecule has 3 saturated heterocycles. The second-order valence-electron chi connectivity index (χ2n) is 10.5. The van der Waals surface area contributed by atoms with Gasteiger partial charge < -0.3 is 14.7 Å². The lowest BCUT2D eigenvalue weighted by atomic mass is 9.77. The highest BCUT2D eigenvalue weighted by Crippen LogP contribution is 2.45. The van der Waals surface area contributed by atoms with Crippen LogP contribution in [0.15, 0.2) is 18.2 Å². The summed E-state index contributed by atoms with van der Waals surface area (Å²) in [5.41, 5.74) is -0.897. The number of nitrogens with zero attached hydrogens (tertiary/aromatic N) is 3. The summed E-state index contributed by atoms with van der Waals surface area (Å²) in [6.07, 6.45) is -16.0. The lowest BCUT2D eigenvalue weighted by molar-refractivity contribution is -0.290. The number of hydrogen-bond donors (Lipinski definition) is 1. The number of alkyl halides is 9. The molecule has 1 N–H and O–H groups in total. The molecule has 220 valence electrons. The number of carboxylic acid groups (broad SMARTS) is 1. The summed E-state index contributed by atoms with van der Waals surface area (Å²) >= 11 is 0. The fourth-order valence-electron chi connectivity index (χ4n) is 5.83. The van der Waals surface area contributed by atoms with E-state index in [1.54, 1.807) is 6.07 Å². The monoisotopic (exact) mass is 577 g/mol. The Morgan fingerprint density at radius 2 is 1.56 bits per heavy atom. The fraction of sp³-hybridized carbons (Fsp3) is 0.708. The van der Waals surface area contributed by atoms with Gasteiger partial charge in [-0.15, -0.1) is 0 Å². The van der Waals surface area contributed by atoms with E-state index in [9.17, 15) is 49.4 Å². The molecule has 3 heterocycles. The van der Waals surface area contributed by atoms with E-state index in [4.69, 9.17) is 4.74 Å². The van der Waals surface area contributed by atoms with E-state index >= 15 is 0 Å². The van der Waals surface area contributed by atoms with E-state index in [0.717, 1.165) is 12.1 Å². The van der Waals surface area contributed by atoms with E-state index in [1.165, 1.54) is 4.90 Å². The van der Waals surface area contributed by atoms with Crippen LogP contribution in [0.2, 0.25) is 0 Å². The molecule has 1 unspecified atom stereocenters. The Morgan fingerprint density at radius 3 is 2.13 bits per heavy atom. The number of halogens is 9. The van der Waals surface area contributed by atoms with Gasteiger partial charge in [0.2, 0.25) is 6.04 Å². The zero-order chi connectivity index (χ0) is 28.8. The van der Waals surface area contributed by atoms with Crippen molar-refractivity contribution in [2.24, 2.45) is 5.41 Å². The highest BCUT2D eigenvalue weighted by molar-refractivity contribution is 5.73. The van der Waals surface area contributed by atoms with Gasteiger partial charge in [-0.3, -0.25) is 9.80 Å². The number of hydrogen-bond acceptors (Lipinski definition) is 5. The predicted octanol–water partition coefficient (Wildman–Crippen LogP) is 4.78. The lowest BCUT2D eigenvalue weighted by Gasteiger charge is -2.43. The van der Waals surface area contributed by atoms with Crippen molar-refractivity contribution in [1.29, 1.82) is 0 Å². The van der Waals surface area contributed by atoms with Crippen molar-refractivity contribution in [3.05, 3.63) is 29.3 Å². The molecule has 39 heavy (non-hydrogen) atoms. The first-order valence-electron chi connectivity index (χ1n) is 12.4. The largest absolute Gasteiger partial charge is 0.479 e. The molecule has 3 aliphatic heterocycles. The number of aliphatic carboxylic acids is 1. The van der Waals surface area contributed by atoms with Crippen LogP contribution in [0.25, 0.3) is 0 Å². The molecule has 0 radical (unpaired) electrons. The summed E-state index contributed by atoms with van der Waals surface area (Å²) in [6, 6.07) is -0.0233.